The average molecular weight is 541 g/mol. The molecule has 0 aliphatic carbocycles. The molecule has 4 rings (SSSR count). The Morgan fingerprint density at radius 2 is 1.95 bits per heavy atom. The van der Waals surface area contributed by atoms with Crippen LogP contribution in [0.25, 0.3) is 22.3 Å². The number of anilines is 1. The maximum absolute atomic E-state index is 13.9. The number of likely N-dealkylation sites (tertiary alicyclic amines) is 1. The second-order valence-electron chi connectivity index (χ2n) is 9.56. The van der Waals surface area contributed by atoms with Gasteiger partial charge in [-0.15, -0.1) is 0 Å². The van der Waals surface area contributed by atoms with Crippen molar-refractivity contribution in [1.29, 1.82) is 0 Å². The first-order valence-electron chi connectivity index (χ1n) is 11.3. The topological polar surface area (TPSA) is 122 Å². The number of amides is 1. The number of rotatable bonds is 3. The average Bonchev–Trinajstić information content (AvgIpc) is 3.16. The Morgan fingerprint density at radius 3 is 2.59 bits per heavy atom. The highest BCUT2D eigenvalue weighted by Gasteiger charge is 2.37. The Morgan fingerprint density at radius 1 is 1.22 bits per heavy atom. The van der Waals surface area contributed by atoms with E-state index in [-0.39, 0.29) is 40.3 Å². The minimum absolute atomic E-state index is 0.0208. The van der Waals surface area contributed by atoms with E-state index in [1.54, 1.807) is 20.8 Å². The second-order valence-corrected chi connectivity index (χ2v) is 9.95. The minimum atomic E-state index is -4.82. The van der Waals surface area contributed by atoms with E-state index in [0.717, 1.165) is 6.20 Å². The first-order valence-corrected chi connectivity index (χ1v) is 11.7. The van der Waals surface area contributed by atoms with Crippen molar-refractivity contribution in [2.24, 2.45) is 0 Å². The molecule has 1 saturated heterocycles. The third-order valence-electron chi connectivity index (χ3n) is 5.58. The maximum Gasteiger partial charge on any atom is 0.419 e. The van der Waals surface area contributed by atoms with Gasteiger partial charge in [-0.05, 0) is 45.7 Å². The number of nitrogens with zero attached hydrogens (tertiary/aromatic N) is 5. The zero-order valence-corrected chi connectivity index (χ0v) is 20.9. The molecule has 1 aliphatic heterocycles. The Labute approximate surface area is 214 Å². The summed E-state index contributed by atoms with van der Waals surface area (Å²) in [5.41, 5.74) is -2.55. The van der Waals surface area contributed by atoms with Crippen LogP contribution in [0.2, 0.25) is 5.15 Å². The van der Waals surface area contributed by atoms with Gasteiger partial charge in [0, 0.05) is 42.5 Å². The number of pyridine rings is 1. The smallest absolute Gasteiger partial charge is 0.419 e. The lowest BCUT2D eigenvalue weighted by Crippen LogP contribution is -2.47. The van der Waals surface area contributed by atoms with Crippen molar-refractivity contribution in [1.82, 2.24) is 24.4 Å². The van der Waals surface area contributed by atoms with Crippen LogP contribution < -0.4 is 5.32 Å². The van der Waals surface area contributed by atoms with Crippen molar-refractivity contribution in [3.63, 3.8) is 0 Å². The van der Waals surface area contributed by atoms with Crippen molar-refractivity contribution >= 4 is 40.8 Å². The molecule has 3 aromatic rings. The molecule has 1 fully saturated rings. The number of carbonyl (C=O) groups excluding carboxylic acids is 1. The molecule has 0 aromatic carbocycles. The summed E-state index contributed by atoms with van der Waals surface area (Å²) < 4.78 is 47.8. The lowest BCUT2D eigenvalue weighted by atomic mass is 10.1. The van der Waals surface area contributed by atoms with Crippen molar-refractivity contribution in [3.8, 4) is 11.3 Å². The largest absolute Gasteiger partial charge is 0.464 e. The third kappa shape index (κ3) is 5.87. The summed E-state index contributed by atoms with van der Waals surface area (Å²) in [6, 6.07) is 2.39. The summed E-state index contributed by atoms with van der Waals surface area (Å²) in [7, 11) is 0. The molecule has 3 aromatic heterocycles. The highest BCUT2D eigenvalue weighted by Crippen LogP contribution is 2.39. The molecule has 0 radical (unpaired) electrons. The molecule has 10 nitrogen and oxygen atoms in total. The zero-order valence-electron chi connectivity index (χ0n) is 20.1. The molecule has 1 amide bonds. The first-order chi connectivity index (χ1) is 17.2. The van der Waals surface area contributed by atoms with Crippen LogP contribution in [0.3, 0.4) is 0 Å². The summed E-state index contributed by atoms with van der Waals surface area (Å²) in [6.45, 7) is 6.00. The van der Waals surface area contributed by atoms with Gasteiger partial charge >= 0.3 is 18.4 Å². The van der Waals surface area contributed by atoms with E-state index >= 15 is 0 Å². The minimum Gasteiger partial charge on any atom is -0.464 e. The van der Waals surface area contributed by atoms with E-state index in [1.807, 2.05) is 0 Å². The number of hydrogen-bond donors (Lipinski definition) is 2. The van der Waals surface area contributed by atoms with Gasteiger partial charge in [-0.2, -0.15) is 13.2 Å². The number of carboxylic acid groups (broad SMARTS) is 1. The molecule has 14 heteroatoms. The molecular weight excluding hydrogens is 517 g/mol. The Hall–Kier alpha value is -3.61. The molecule has 37 heavy (non-hydrogen) atoms. The highest BCUT2D eigenvalue weighted by atomic mass is 35.5. The Balaban J connectivity index is 1.70. The molecule has 4 heterocycles. The molecule has 198 valence electrons. The van der Waals surface area contributed by atoms with Gasteiger partial charge in [-0.3, -0.25) is 0 Å². The SMILES string of the molecule is CC(C)(C)OC(=O)N1CCCC(Nc2ncc(C(F)(F)F)c(-c3cn(C(=O)O)c4nc(Cl)ccc34)n2)C1. The maximum atomic E-state index is 13.9. The van der Waals surface area contributed by atoms with Crippen LogP contribution in [0.5, 0.6) is 0 Å². The number of hydrogen-bond acceptors (Lipinski definition) is 7. The molecule has 1 atom stereocenters. The van der Waals surface area contributed by atoms with Crippen molar-refractivity contribution in [3.05, 3.63) is 35.2 Å². The van der Waals surface area contributed by atoms with Crippen molar-refractivity contribution < 1.29 is 32.6 Å². The van der Waals surface area contributed by atoms with E-state index in [4.69, 9.17) is 16.3 Å². The zero-order chi connectivity index (χ0) is 27.1. The highest BCUT2D eigenvalue weighted by molar-refractivity contribution is 6.29. The number of aromatic nitrogens is 4. The van der Waals surface area contributed by atoms with E-state index in [2.05, 4.69) is 20.3 Å². The van der Waals surface area contributed by atoms with Crippen LogP contribution >= 0.6 is 11.6 Å². The number of ether oxygens (including phenoxy) is 1. The van der Waals surface area contributed by atoms with Crippen molar-refractivity contribution in [2.45, 2.75) is 51.4 Å². The summed E-state index contributed by atoms with van der Waals surface area (Å²) in [5.74, 6) is -0.0998. The van der Waals surface area contributed by atoms with E-state index in [0.29, 0.717) is 30.2 Å². The molecule has 0 spiro atoms. The molecule has 1 unspecified atom stereocenters. The van der Waals surface area contributed by atoms with Crippen LogP contribution in [0.15, 0.2) is 24.5 Å². The van der Waals surface area contributed by atoms with Crippen LogP contribution in [-0.4, -0.2) is 66.4 Å². The fraction of sp³-hybridized carbons (Fsp3) is 0.435. The van der Waals surface area contributed by atoms with Crippen LogP contribution in [0.1, 0.15) is 39.2 Å². The van der Waals surface area contributed by atoms with Crippen molar-refractivity contribution in [2.75, 3.05) is 18.4 Å². The van der Waals surface area contributed by atoms with Gasteiger partial charge in [0.1, 0.15) is 16.3 Å². The van der Waals surface area contributed by atoms with E-state index in [9.17, 15) is 27.9 Å². The van der Waals surface area contributed by atoms with Gasteiger partial charge < -0.3 is 20.1 Å². The number of halogens is 4. The van der Waals surface area contributed by atoms with Gasteiger partial charge in [-0.25, -0.2) is 29.1 Å². The number of nitrogens with one attached hydrogen (secondary N) is 1. The predicted octanol–water partition coefficient (Wildman–Crippen LogP) is 5.50. The molecule has 2 N–H and O–H groups in total. The first kappa shape index (κ1) is 26.5. The molecule has 1 aliphatic rings. The predicted molar refractivity (Wildman–Crippen MR) is 129 cm³/mol. The molecule has 0 bridgehead atoms. The lowest BCUT2D eigenvalue weighted by Gasteiger charge is -2.34. The Kier molecular flexibility index (Phi) is 6.93. The van der Waals surface area contributed by atoms with Gasteiger partial charge in [0.15, 0.2) is 5.65 Å². The Bertz CT molecular complexity index is 1350. The lowest BCUT2D eigenvalue weighted by molar-refractivity contribution is -0.137. The standard InChI is InChI=1S/C23H24ClF3N6O4/c1-22(2,3)37-21(36)32-8-4-5-12(10-32)29-19-28-9-15(23(25,26)27)17(31-19)14-11-33(20(34)35)18-13(14)6-7-16(24)30-18/h6-7,9,11-12H,4-5,8,10H2,1-3H3,(H,34,35)(H,28,29,31). The number of piperidine rings is 1. The quantitative estimate of drug-likeness (QED) is 0.417. The van der Waals surface area contributed by atoms with Gasteiger partial charge in [0.05, 0.1) is 5.69 Å². The molecular formula is C23H24ClF3N6O4. The third-order valence-corrected chi connectivity index (χ3v) is 5.79. The van der Waals surface area contributed by atoms with Crippen LogP contribution in [0, 0.1) is 0 Å². The van der Waals surface area contributed by atoms with Crippen LogP contribution in [-0.2, 0) is 10.9 Å². The monoisotopic (exact) mass is 540 g/mol. The molecule has 0 saturated carbocycles. The summed E-state index contributed by atoms with van der Waals surface area (Å²) in [5, 5.41) is 12.6. The number of fused-ring (bicyclic) bond motifs is 1. The van der Waals surface area contributed by atoms with Gasteiger partial charge in [0.25, 0.3) is 0 Å². The number of alkyl halides is 3. The van der Waals surface area contributed by atoms with Gasteiger partial charge in [-0.1, -0.05) is 11.6 Å². The van der Waals surface area contributed by atoms with E-state index < -0.39 is 35.2 Å². The fourth-order valence-electron chi connectivity index (χ4n) is 4.05. The fourth-order valence-corrected chi connectivity index (χ4v) is 4.19. The summed E-state index contributed by atoms with van der Waals surface area (Å²) >= 11 is 5.89. The van der Waals surface area contributed by atoms with E-state index in [1.165, 1.54) is 17.0 Å². The number of carbonyl (C=O) groups is 2. The second kappa shape index (κ2) is 9.69. The summed E-state index contributed by atoms with van der Waals surface area (Å²) in [4.78, 5) is 37.7. The normalized spacial score (nSPS) is 16.6. The van der Waals surface area contributed by atoms with Crippen LogP contribution in [0.4, 0.5) is 28.7 Å². The van der Waals surface area contributed by atoms with Gasteiger partial charge in [0.2, 0.25) is 5.95 Å². The summed E-state index contributed by atoms with van der Waals surface area (Å²) in [6.07, 6.45) is -3.82.